The van der Waals surface area contributed by atoms with Crippen LogP contribution < -0.4 is 5.32 Å². The molecule has 3 N–H and O–H groups in total. The Morgan fingerprint density at radius 2 is 2.15 bits per heavy atom. The molecule has 0 aromatic heterocycles. The Labute approximate surface area is 122 Å². The van der Waals surface area contributed by atoms with E-state index in [4.69, 9.17) is 11.6 Å². The van der Waals surface area contributed by atoms with Gasteiger partial charge in [0.25, 0.3) is 0 Å². The monoisotopic (exact) mass is 302 g/mol. The SMILES string of the molecule is CCC(C)C(O)CNCc1cc(Cl)cc([N+](=O)[O-])c1O. The van der Waals surface area contributed by atoms with E-state index in [-0.39, 0.29) is 17.5 Å². The Balaban J connectivity index is 2.71. The van der Waals surface area contributed by atoms with Crippen molar-refractivity contribution in [1.29, 1.82) is 0 Å². The predicted octanol–water partition coefficient (Wildman–Crippen LogP) is 2.45. The summed E-state index contributed by atoms with van der Waals surface area (Å²) in [6, 6.07) is 2.57. The van der Waals surface area contributed by atoms with Gasteiger partial charge >= 0.3 is 5.69 Å². The summed E-state index contributed by atoms with van der Waals surface area (Å²) in [7, 11) is 0. The second-order valence-corrected chi connectivity index (χ2v) is 5.21. The maximum atomic E-state index is 10.8. The van der Waals surface area contributed by atoms with Gasteiger partial charge in [-0.25, -0.2) is 0 Å². The van der Waals surface area contributed by atoms with Gasteiger partial charge in [-0.05, 0) is 12.0 Å². The third-order valence-corrected chi connectivity index (χ3v) is 3.52. The molecule has 0 fully saturated rings. The summed E-state index contributed by atoms with van der Waals surface area (Å²) >= 11 is 5.79. The molecular formula is C13H19ClN2O4. The lowest BCUT2D eigenvalue weighted by Gasteiger charge is -2.17. The van der Waals surface area contributed by atoms with Gasteiger partial charge in [0.1, 0.15) is 0 Å². The first-order valence-corrected chi connectivity index (χ1v) is 6.79. The highest BCUT2D eigenvalue weighted by atomic mass is 35.5. The van der Waals surface area contributed by atoms with Crippen LogP contribution in [0.2, 0.25) is 5.02 Å². The lowest BCUT2D eigenvalue weighted by atomic mass is 10.0. The molecule has 1 aromatic rings. The summed E-state index contributed by atoms with van der Waals surface area (Å²) in [5.41, 5.74) is -0.0858. The van der Waals surface area contributed by atoms with Crippen molar-refractivity contribution < 1.29 is 15.1 Å². The van der Waals surface area contributed by atoms with Crippen molar-refractivity contribution in [3.05, 3.63) is 32.8 Å². The number of nitrogens with zero attached hydrogens (tertiary/aromatic N) is 1. The molecule has 20 heavy (non-hydrogen) atoms. The van der Waals surface area contributed by atoms with Crippen LogP contribution in [0, 0.1) is 16.0 Å². The average molecular weight is 303 g/mol. The van der Waals surface area contributed by atoms with Gasteiger partial charge in [-0.15, -0.1) is 0 Å². The minimum atomic E-state index is -0.682. The molecule has 0 saturated carbocycles. The number of aliphatic hydroxyl groups excluding tert-OH is 1. The van der Waals surface area contributed by atoms with Crippen molar-refractivity contribution in [2.75, 3.05) is 6.54 Å². The van der Waals surface area contributed by atoms with Gasteiger partial charge in [0.05, 0.1) is 11.0 Å². The first-order valence-electron chi connectivity index (χ1n) is 6.41. The molecule has 112 valence electrons. The molecule has 7 heteroatoms. The van der Waals surface area contributed by atoms with Crippen LogP contribution in [-0.4, -0.2) is 27.8 Å². The maximum Gasteiger partial charge on any atom is 0.312 e. The normalized spacial score (nSPS) is 14.0. The van der Waals surface area contributed by atoms with E-state index in [1.165, 1.54) is 6.07 Å². The Kier molecular flexibility index (Phi) is 6.19. The zero-order valence-electron chi connectivity index (χ0n) is 11.5. The quantitative estimate of drug-likeness (QED) is 0.531. The summed E-state index contributed by atoms with van der Waals surface area (Å²) in [6.45, 7) is 4.46. The molecular weight excluding hydrogens is 284 g/mol. The minimum Gasteiger partial charge on any atom is -0.502 e. The van der Waals surface area contributed by atoms with Crippen molar-refractivity contribution in [1.82, 2.24) is 5.32 Å². The lowest BCUT2D eigenvalue weighted by Crippen LogP contribution is -2.31. The molecule has 0 spiro atoms. The highest BCUT2D eigenvalue weighted by molar-refractivity contribution is 6.31. The molecule has 0 heterocycles. The van der Waals surface area contributed by atoms with Gasteiger partial charge in [0, 0.05) is 29.7 Å². The first-order chi connectivity index (χ1) is 9.36. The fourth-order valence-electron chi connectivity index (χ4n) is 1.74. The van der Waals surface area contributed by atoms with Crippen LogP contribution in [0.1, 0.15) is 25.8 Å². The van der Waals surface area contributed by atoms with E-state index in [1.807, 2.05) is 13.8 Å². The number of nitrogens with one attached hydrogen (secondary N) is 1. The van der Waals surface area contributed by atoms with Gasteiger partial charge in [-0.3, -0.25) is 10.1 Å². The average Bonchev–Trinajstić information content (AvgIpc) is 2.40. The summed E-state index contributed by atoms with van der Waals surface area (Å²) in [5.74, 6) is -0.241. The van der Waals surface area contributed by atoms with Crippen molar-refractivity contribution in [3.8, 4) is 5.75 Å². The number of aromatic hydroxyl groups is 1. The third-order valence-electron chi connectivity index (χ3n) is 3.30. The zero-order valence-corrected chi connectivity index (χ0v) is 12.2. The summed E-state index contributed by atoms with van der Waals surface area (Å²) in [6.07, 6.45) is 0.354. The molecule has 1 rings (SSSR count). The van der Waals surface area contributed by atoms with Crippen LogP contribution in [0.15, 0.2) is 12.1 Å². The minimum absolute atomic E-state index is 0.157. The number of phenolic OH excluding ortho intramolecular Hbond substituents is 1. The molecule has 0 aliphatic carbocycles. The van der Waals surface area contributed by atoms with Gasteiger partial charge in [0.15, 0.2) is 5.75 Å². The second-order valence-electron chi connectivity index (χ2n) is 4.77. The zero-order chi connectivity index (χ0) is 15.3. The van der Waals surface area contributed by atoms with Crippen LogP contribution in [0.25, 0.3) is 0 Å². The van der Waals surface area contributed by atoms with E-state index in [2.05, 4.69) is 5.32 Å². The van der Waals surface area contributed by atoms with Gasteiger partial charge in [-0.1, -0.05) is 31.9 Å². The van der Waals surface area contributed by atoms with E-state index in [1.54, 1.807) is 0 Å². The number of halogens is 1. The fraction of sp³-hybridized carbons (Fsp3) is 0.538. The molecule has 0 saturated heterocycles. The standard InChI is InChI=1S/C13H19ClN2O4/c1-3-8(2)12(17)7-15-6-9-4-10(14)5-11(13(9)18)16(19)20/h4-5,8,12,15,17-18H,3,6-7H2,1-2H3. The Morgan fingerprint density at radius 1 is 1.50 bits per heavy atom. The summed E-state index contributed by atoms with van der Waals surface area (Å²) < 4.78 is 0. The largest absolute Gasteiger partial charge is 0.502 e. The summed E-state index contributed by atoms with van der Waals surface area (Å²) in [5, 5.41) is 33.5. The van der Waals surface area contributed by atoms with Gasteiger partial charge in [0.2, 0.25) is 0 Å². The van der Waals surface area contributed by atoms with Crippen molar-refractivity contribution in [2.24, 2.45) is 5.92 Å². The van der Waals surface area contributed by atoms with Crippen LogP contribution in [0.5, 0.6) is 5.75 Å². The van der Waals surface area contributed by atoms with Crippen LogP contribution in [0.3, 0.4) is 0 Å². The van der Waals surface area contributed by atoms with E-state index < -0.39 is 22.5 Å². The molecule has 0 bridgehead atoms. The smallest absolute Gasteiger partial charge is 0.312 e. The molecule has 2 unspecified atom stereocenters. The number of aliphatic hydroxyl groups is 1. The van der Waals surface area contributed by atoms with Gasteiger partial charge in [-0.2, -0.15) is 0 Å². The number of nitro benzene ring substituents is 1. The maximum absolute atomic E-state index is 10.8. The van der Waals surface area contributed by atoms with Crippen LogP contribution >= 0.6 is 11.6 Å². The highest BCUT2D eigenvalue weighted by Crippen LogP contribution is 2.33. The predicted molar refractivity (Wildman–Crippen MR) is 76.9 cm³/mol. The van der Waals surface area contributed by atoms with E-state index in [0.29, 0.717) is 12.1 Å². The van der Waals surface area contributed by atoms with Crippen molar-refractivity contribution in [3.63, 3.8) is 0 Å². The van der Waals surface area contributed by atoms with E-state index in [9.17, 15) is 20.3 Å². The van der Waals surface area contributed by atoms with Crippen molar-refractivity contribution >= 4 is 17.3 Å². The Morgan fingerprint density at radius 3 is 2.70 bits per heavy atom. The first kappa shape index (κ1) is 16.7. The molecule has 0 aliphatic rings. The van der Waals surface area contributed by atoms with E-state index >= 15 is 0 Å². The highest BCUT2D eigenvalue weighted by Gasteiger charge is 2.19. The number of rotatable bonds is 7. The van der Waals surface area contributed by atoms with Crippen LogP contribution in [-0.2, 0) is 6.54 Å². The number of hydrogen-bond donors (Lipinski definition) is 3. The fourth-order valence-corrected chi connectivity index (χ4v) is 1.98. The third kappa shape index (κ3) is 4.33. The van der Waals surface area contributed by atoms with Crippen molar-refractivity contribution in [2.45, 2.75) is 32.9 Å². The number of benzene rings is 1. The summed E-state index contributed by atoms with van der Waals surface area (Å²) in [4.78, 5) is 10.1. The topological polar surface area (TPSA) is 95.6 Å². The second kappa shape index (κ2) is 7.42. The van der Waals surface area contributed by atoms with Crippen LogP contribution in [0.4, 0.5) is 5.69 Å². The lowest BCUT2D eigenvalue weighted by molar-refractivity contribution is -0.385. The van der Waals surface area contributed by atoms with Gasteiger partial charge < -0.3 is 15.5 Å². The number of phenols is 1. The molecule has 6 nitrogen and oxygen atoms in total. The Hall–Kier alpha value is -1.37. The molecule has 0 amide bonds. The Bertz CT molecular complexity index is 482. The molecule has 0 aliphatic heterocycles. The molecule has 0 radical (unpaired) electrons. The number of hydrogen-bond acceptors (Lipinski definition) is 5. The molecule has 2 atom stereocenters. The van der Waals surface area contributed by atoms with E-state index in [0.717, 1.165) is 12.5 Å². The molecule has 1 aromatic carbocycles. The number of nitro groups is 1.